The van der Waals surface area contributed by atoms with Gasteiger partial charge in [-0.3, -0.25) is 9.78 Å². The molecule has 0 aliphatic rings. The first kappa shape index (κ1) is 9.67. The zero-order valence-electron chi connectivity index (χ0n) is 7.43. The maximum absolute atomic E-state index is 11.2. The Bertz CT molecular complexity index is 274. The molecule has 0 fully saturated rings. The van der Waals surface area contributed by atoms with Crippen LogP contribution in [-0.2, 0) is 9.53 Å². The molecule has 13 heavy (non-hydrogen) atoms. The summed E-state index contributed by atoms with van der Waals surface area (Å²) in [5.41, 5.74) is 6.09. The molecule has 0 saturated heterocycles. The van der Waals surface area contributed by atoms with Gasteiger partial charge in [-0.2, -0.15) is 0 Å². The van der Waals surface area contributed by atoms with E-state index in [2.05, 4.69) is 9.72 Å². The Morgan fingerprint density at radius 1 is 1.69 bits per heavy atom. The lowest BCUT2D eigenvalue weighted by Crippen LogP contribution is -2.23. The molecule has 0 aromatic carbocycles. The van der Waals surface area contributed by atoms with Crippen LogP contribution in [0.3, 0.4) is 0 Å². The van der Waals surface area contributed by atoms with Crippen molar-refractivity contribution in [1.82, 2.24) is 4.98 Å². The van der Waals surface area contributed by atoms with E-state index in [-0.39, 0.29) is 12.5 Å². The van der Waals surface area contributed by atoms with Gasteiger partial charge in [0.2, 0.25) is 0 Å². The first-order chi connectivity index (χ1) is 6.29. The largest absolute Gasteiger partial charge is 0.468 e. The Kier molecular flexibility index (Phi) is 3.40. The van der Waals surface area contributed by atoms with Gasteiger partial charge < -0.3 is 10.5 Å². The number of esters is 1. The number of carbonyl (C=O) groups excluding carboxylic acids is 1. The second-order valence-corrected chi connectivity index (χ2v) is 2.57. The van der Waals surface area contributed by atoms with E-state index in [4.69, 9.17) is 5.73 Å². The van der Waals surface area contributed by atoms with Crippen molar-refractivity contribution in [2.24, 2.45) is 5.73 Å². The number of nitrogens with zero attached hydrogens (tertiary/aromatic N) is 1. The number of aromatic nitrogens is 1. The number of ether oxygens (including phenoxy) is 1. The average molecular weight is 180 g/mol. The molecule has 0 aliphatic carbocycles. The smallest absolute Gasteiger partial charge is 0.316 e. The first-order valence-corrected chi connectivity index (χ1v) is 3.98. The number of rotatable bonds is 3. The highest BCUT2D eigenvalue weighted by Crippen LogP contribution is 2.12. The third-order valence-corrected chi connectivity index (χ3v) is 1.77. The van der Waals surface area contributed by atoms with E-state index in [0.29, 0.717) is 5.69 Å². The summed E-state index contributed by atoms with van der Waals surface area (Å²) in [4.78, 5) is 15.2. The number of nitrogens with two attached hydrogens (primary N) is 1. The van der Waals surface area contributed by atoms with E-state index in [1.54, 1.807) is 18.3 Å². The molecule has 0 saturated carbocycles. The van der Waals surface area contributed by atoms with Crippen LogP contribution in [0.2, 0.25) is 0 Å². The highest BCUT2D eigenvalue weighted by molar-refractivity contribution is 5.77. The zero-order chi connectivity index (χ0) is 9.68. The second-order valence-electron chi connectivity index (χ2n) is 2.57. The molecule has 70 valence electrons. The van der Waals surface area contributed by atoms with Crippen LogP contribution < -0.4 is 5.73 Å². The third kappa shape index (κ3) is 2.26. The van der Waals surface area contributed by atoms with Gasteiger partial charge in [-0.1, -0.05) is 6.07 Å². The van der Waals surface area contributed by atoms with Gasteiger partial charge in [0.1, 0.15) is 5.92 Å². The van der Waals surface area contributed by atoms with Crippen molar-refractivity contribution in [2.75, 3.05) is 13.7 Å². The lowest BCUT2D eigenvalue weighted by molar-refractivity contribution is -0.142. The fraction of sp³-hybridized carbons (Fsp3) is 0.333. The topological polar surface area (TPSA) is 65.2 Å². The standard InChI is InChI=1S/C9H12N2O2/c1-13-9(12)7(6-10)8-4-2-3-5-11-8/h2-5,7H,6,10H2,1H3/t7-/m1/s1. The molecule has 4 nitrogen and oxygen atoms in total. The van der Waals surface area contributed by atoms with E-state index in [9.17, 15) is 4.79 Å². The van der Waals surface area contributed by atoms with Gasteiger partial charge in [0.15, 0.2) is 0 Å². The summed E-state index contributed by atoms with van der Waals surface area (Å²) < 4.78 is 4.60. The Labute approximate surface area is 76.7 Å². The molecule has 0 radical (unpaired) electrons. The van der Waals surface area contributed by atoms with Gasteiger partial charge in [-0.15, -0.1) is 0 Å². The number of methoxy groups -OCH3 is 1. The van der Waals surface area contributed by atoms with Crippen molar-refractivity contribution in [1.29, 1.82) is 0 Å². The molecule has 1 heterocycles. The highest BCUT2D eigenvalue weighted by atomic mass is 16.5. The molecule has 0 spiro atoms. The molecule has 0 amide bonds. The maximum Gasteiger partial charge on any atom is 0.316 e. The number of carbonyl (C=O) groups is 1. The van der Waals surface area contributed by atoms with Crippen molar-refractivity contribution in [3.05, 3.63) is 30.1 Å². The maximum atomic E-state index is 11.2. The SMILES string of the molecule is COC(=O)[C@H](CN)c1ccccn1. The van der Waals surface area contributed by atoms with E-state index in [0.717, 1.165) is 0 Å². The summed E-state index contributed by atoms with van der Waals surface area (Å²) in [6.45, 7) is 0.212. The Morgan fingerprint density at radius 2 is 2.46 bits per heavy atom. The number of pyridine rings is 1. The van der Waals surface area contributed by atoms with Crippen molar-refractivity contribution < 1.29 is 9.53 Å². The highest BCUT2D eigenvalue weighted by Gasteiger charge is 2.20. The average Bonchev–Trinajstić information content (AvgIpc) is 2.20. The molecule has 4 heteroatoms. The predicted octanol–water partition coefficient (Wildman–Crippen LogP) is 0.297. The molecule has 0 unspecified atom stereocenters. The van der Waals surface area contributed by atoms with Crippen molar-refractivity contribution in [3.63, 3.8) is 0 Å². The zero-order valence-corrected chi connectivity index (χ0v) is 7.43. The predicted molar refractivity (Wildman–Crippen MR) is 48.0 cm³/mol. The minimum Gasteiger partial charge on any atom is -0.468 e. The van der Waals surface area contributed by atoms with Crippen LogP contribution in [-0.4, -0.2) is 24.6 Å². The lowest BCUT2D eigenvalue weighted by Gasteiger charge is -2.10. The normalized spacial score (nSPS) is 12.2. The molecule has 1 rings (SSSR count). The Balaban J connectivity index is 2.85. The van der Waals surface area contributed by atoms with Crippen LogP contribution in [0, 0.1) is 0 Å². The summed E-state index contributed by atoms with van der Waals surface area (Å²) >= 11 is 0. The molecule has 1 aromatic rings. The molecule has 0 bridgehead atoms. The molecule has 0 aliphatic heterocycles. The second kappa shape index (κ2) is 4.57. The summed E-state index contributed by atoms with van der Waals surface area (Å²) in [6.07, 6.45) is 1.63. The van der Waals surface area contributed by atoms with Gasteiger partial charge >= 0.3 is 5.97 Å². The fourth-order valence-corrected chi connectivity index (χ4v) is 1.06. The van der Waals surface area contributed by atoms with Crippen molar-refractivity contribution in [2.45, 2.75) is 5.92 Å². The van der Waals surface area contributed by atoms with E-state index < -0.39 is 5.92 Å². The van der Waals surface area contributed by atoms with Gasteiger partial charge in [0, 0.05) is 12.7 Å². The number of hydrogen-bond donors (Lipinski definition) is 1. The summed E-state index contributed by atoms with van der Waals surface area (Å²) in [5.74, 6) is -0.799. The fourth-order valence-electron chi connectivity index (χ4n) is 1.06. The molecule has 2 N–H and O–H groups in total. The quantitative estimate of drug-likeness (QED) is 0.679. The minimum absolute atomic E-state index is 0.212. The van der Waals surface area contributed by atoms with Crippen LogP contribution in [0.25, 0.3) is 0 Å². The van der Waals surface area contributed by atoms with Gasteiger partial charge in [-0.25, -0.2) is 0 Å². The first-order valence-electron chi connectivity index (χ1n) is 3.98. The van der Waals surface area contributed by atoms with Crippen molar-refractivity contribution in [3.8, 4) is 0 Å². The van der Waals surface area contributed by atoms with Crippen LogP contribution in [0.4, 0.5) is 0 Å². The monoisotopic (exact) mass is 180 g/mol. The Morgan fingerprint density at radius 3 is 2.92 bits per heavy atom. The summed E-state index contributed by atoms with van der Waals surface area (Å²) in [6, 6.07) is 5.36. The van der Waals surface area contributed by atoms with E-state index in [1.165, 1.54) is 7.11 Å². The van der Waals surface area contributed by atoms with Gasteiger partial charge in [0.25, 0.3) is 0 Å². The summed E-state index contributed by atoms with van der Waals surface area (Å²) in [5, 5.41) is 0. The summed E-state index contributed by atoms with van der Waals surface area (Å²) in [7, 11) is 1.34. The van der Waals surface area contributed by atoms with E-state index in [1.807, 2.05) is 6.07 Å². The van der Waals surface area contributed by atoms with Gasteiger partial charge in [-0.05, 0) is 12.1 Å². The van der Waals surface area contributed by atoms with Crippen LogP contribution in [0.5, 0.6) is 0 Å². The lowest BCUT2D eigenvalue weighted by atomic mass is 10.1. The van der Waals surface area contributed by atoms with Crippen molar-refractivity contribution >= 4 is 5.97 Å². The van der Waals surface area contributed by atoms with Gasteiger partial charge in [0.05, 0.1) is 12.8 Å². The minimum atomic E-state index is -0.453. The third-order valence-electron chi connectivity index (χ3n) is 1.77. The molecule has 1 atom stereocenters. The molecule has 1 aromatic heterocycles. The molecular weight excluding hydrogens is 168 g/mol. The van der Waals surface area contributed by atoms with Crippen LogP contribution >= 0.6 is 0 Å². The van der Waals surface area contributed by atoms with E-state index >= 15 is 0 Å². The Hall–Kier alpha value is -1.42. The molecular formula is C9H12N2O2. The number of hydrogen-bond acceptors (Lipinski definition) is 4. The van der Waals surface area contributed by atoms with Crippen LogP contribution in [0.15, 0.2) is 24.4 Å². The van der Waals surface area contributed by atoms with Crippen LogP contribution in [0.1, 0.15) is 11.6 Å².